The molecule has 5 heteroatoms. The molecule has 1 heterocycles. The third-order valence-electron chi connectivity index (χ3n) is 3.84. The smallest absolute Gasteiger partial charge is 0.338 e. The minimum absolute atomic E-state index is 0.248. The van der Waals surface area contributed by atoms with E-state index in [4.69, 9.17) is 14.2 Å². The highest BCUT2D eigenvalue weighted by molar-refractivity contribution is 5.89. The first-order valence-corrected chi connectivity index (χ1v) is 7.93. The Bertz CT molecular complexity index is 643. The monoisotopic (exact) mass is 328 g/mol. The summed E-state index contributed by atoms with van der Waals surface area (Å²) in [4.78, 5) is 12.1. The van der Waals surface area contributed by atoms with Crippen LogP contribution in [0, 0.1) is 0 Å². The summed E-state index contributed by atoms with van der Waals surface area (Å²) in [5.74, 6) is -0.425. The van der Waals surface area contributed by atoms with E-state index < -0.39 is 24.5 Å². The van der Waals surface area contributed by atoms with Gasteiger partial charge in [0, 0.05) is 6.42 Å². The highest BCUT2D eigenvalue weighted by Crippen LogP contribution is 2.23. The summed E-state index contributed by atoms with van der Waals surface area (Å²) < 4.78 is 16.5. The van der Waals surface area contributed by atoms with Gasteiger partial charge >= 0.3 is 5.97 Å². The maximum Gasteiger partial charge on any atom is 0.338 e. The summed E-state index contributed by atoms with van der Waals surface area (Å²) in [6.07, 6.45) is -1.69. The molecule has 1 aliphatic rings. The van der Waals surface area contributed by atoms with Gasteiger partial charge in [0.25, 0.3) is 0 Å². The zero-order valence-corrected chi connectivity index (χ0v) is 13.2. The number of aliphatic hydroxyl groups is 1. The fourth-order valence-electron chi connectivity index (χ4n) is 2.61. The number of rotatable bonds is 6. The van der Waals surface area contributed by atoms with Gasteiger partial charge in [-0.05, 0) is 17.7 Å². The lowest BCUT2D eigenvalue weighted by Crippen LogP contribution is -2.31. The molecule has 3 atom stereocenters. The molecule has 1 fully saturated rings. The zero-order valence-electron chi connectivity index (χ0n) is 13.2. The van der Waals surface area contributed by atoms with Gasteiger partial charge in [-0.3, -0.25) is 0 Å². The number of benzene rings is 2. The van der Waals surface area contributed by atoms with E-state index in [9.17, 15) is 9.90 Å². The lowest BCUT2D eigenvalue weighted by atomic mass is 10.2. The van der Waals surface area contributed by atoms with Crippen LogP contribution in [-0.2, 0) is 20.8 Å². The van der Waals surface area contributed by atoms with Crippen molar-refractivity contribution < 1.29 is 24.1 Å². The molecule has 1 unspecified atom stereocenters. The molecule has 2 aromatic carbocycles. The number of ether oxygens (including phenoxy) is 3. The number of esters is 1. The summed E-state index contributed by atoms with van der Waals surface area (Å²) in [6, 6.07) is 18.5. The molecule has 126 valence electrons. The molecule has 0 radical (unpaired) electrons. The Labute approximate surface area is 140 Å². The predicted molar refractivity (Wildman–Crippen MR) is 87.2 cm³/mol. The van der Waals surface area contributed by atoms with Crippen molar-refractivity contribution in [2.24, 2.45) is 0 Å². The molecule has 1 aliphatic heterocycles. The third kappa shape index (κ3) is 4.41. The molecular weight excluding hydrogens is 308 g/mol. The topological polar surface area (TPSA) is 65.0 Å². The highest BCUT2D eigenvalue weighted by atomic mass is 16.7. The first kappa shape index (κ1) is 16.6. The Hall–Kier alpha value is -2.21. The average Bonchev–Trinajstić information content (AvgIpc) is 2.96. The number of hydrogen-bond acceptors (Lipinski definition) is 5. The van der Waals surface area contributed by atoms with Crippen LogP contribution in [-0.4, -0.2) is 36.2 Å². The zero-order chi connectivity index (χ0) is 16.8. The molecule has 0 aromatic heterocycles. The minimum Gasteiger partial charge on any atom is -0.456 e. The summed E-state index contributed by atoms with van der Waals surface area (Å²) in [7, 11) is 0. The highest BCUT2D eigenvalue weighted by Gasteiger charge is 2.37. The summed E-state index contributed by atoms with van der Waals surface area (Å²) >= 11 is 0. The maximum atomic E-state index is 12.1. The molecule has 24 heavy (non-hydrogen) atoms. The van der Waals surface area contributed by atoms with Crippen LogP contribution in [0.1, 0.15) is 22.3 Å². The van der Waals surface area contributed by atoms with Crippen LogP contribution in [0.5, 0.6) is 0 Å². The van der Waals surface area contributed by atoms with Crippen molar-refractivity contribution in [2.75, 3.05) is 6.61 Å². The number of aliphatic hydroxyl groups excluding tert-OH is 1. The van der Waals surface area contributed by atoms with Crippen LogP contribution >= 0.6 is 0 Å². The Balaban J connectivity index is 1.53. The van der Waals surface area contributed by atoms with Crippen LogP contribution in [0.25, 0.3) is 0 Å². The van der Waals surface area contributed by atoms with Gasteiger partial charge in [0.2, 0.25) is 0 Å². The van der Waals surface area contributed by atoms with Crippen LogP contribution in [0.4, 0.5) is 0 Å². The second kappa shape index (κ2) is 8.06. The predicted octanol–water partition coefficient (Wildman–Crippen LogP) is 2.54. The Kier molecular flexibility index (Phi) is 5.59. The largest absolute Gasteiger partial charge is 0.456 e. The van der Waals surface area contributed by atoms with Crippen molar-refractivity contribution >= 4 is 5.97 Å². The lowest BCUT2D eigenvalue weighted by molar-refractivity contribution is -0.118. The van der Waals surface area contributed by atoms with Crippen molar-refractivity contribution in [3.8, 4) is 0 Å². The first-order chi connectivity index (χ1) is 11.7. The quantitative estimate of drug-likeness (QED) is 0.826. The van der Waals surface area contributed by atoms with Crippen molar-refractivity contribution in [3.05, 3.63) is 71.8 Å². The van der Waals surface area contributed by atoms with Gasteiger partial charge in [-0.2, -0.15) is 0 Å². The van der Waals surface area contributed by atoms with E-state index in [-0.39, 0.29) is 13.0 Å². The Morgan fingerprint density at radius 1 is 1.08 bits per heavy atom. The van der Waals surface area contributed by atoms with Crippen LogP contribution < -0.4 is 0 Å². The maximum absolute atomic E-state index is 12.1. The van der Waals surface area contributed by atoms with E-state index >= 15 is 0 Å². The molecule has 0 amide bonds. The standard InChI is InChI=1S/C19H20O5/c20-18-11-16(24-19(21)15-9-5-2-6-10-15)17(23-18)13-22-12-14-7-3-1-4-8-14/h1-10,16-18,20H,11-13H2/t16-,17+,18?/m0/s1. The van der Waals surface area contributed by atoms with Gasteiger partial charge in [0.15, 0.2) is 6.29 Å². The van der Waals surface area contributed by atoms with E-state index in [0.717, 1.165) is 5.56 Å². The Morgan fingerprint density at radius 2 is 1.75 bits per heavy atom. The third-order valence-corrected chi connectivity index (χ3v) is 3.84. The molecule has 0 aliphatic carbocycles. The van der Waals surface area contributed by atoms with E-state index in [0.29, 0.717) is 12.2 Å². The molecule has 0 bridgehead atoms. The molecular formula is C19H20O5. The average molecular weight is 328 g/mol. The molecule has 3 rings (SSSR count). The van der Waals surface area contributed by atoms with Gasteiger partial charge in [-0.15, -0.1) is 0 Å². The summed E-state index contributed by atoms with van der Waals surface area (Å²) in [6.45, 7) is 0.689. The second-order valence-corrected chi connectivity index (χ2v) is 5.68. The molecule has 0 saturated carbocycles. The molecule has 0 spiro atoms. The SMILES string of the molecule is O=C(O[C@H]1CC(O)O[C@@H]1COCc1ccccc1)c1ccccc1. The van der Waals surface area contributed by atoms with Crippen molar-refractivity contribution in [1.29, 1.82) is 0 Å². The molecule has 1 saturated heterocycles. The van der Waals surface area contributed by atoms with Crippen LogP contribution in [0.2, 0.25) is 0 Å². The van der Waals surface area contributed by atoms with Crippen molar-refractivity contribution in [3.63, 3.8) is 0 Å². The van der Waals surface area contributed by atoms with E-state index in [1.54, 1.807) is 24.3 Å². The second-order valence-electron chi connectivity index (χ2n) is 5.68. The summed E-state index contributed by atoms with van der Waals surface area (Å²) in [5.41, 5.74) is 1.52. The van der Waals surface area contributed by atoms with E-state index in [2.05, 4.69) is 0 Å². The number of carbonyl (C=O) groups excluding carboxylic acids is 1. The molecule has 5 nitrogen and oxygen atoms in total. The van der Waals surface area contributed by atoms with Gasteiger partial charge in [-0.1, -0.05) is 48.5 Å². The van der Waals surface area contributed by atoms with Gasteiger partial charge in [0.1, 0.15) is 12.2 Å². The van der Waals surface area contributed by atoms with Crippen LogP contribution in [0.3, 0.4) is 0 Å². The van der Waals surface area contributed by atoms with Crippen molar-refractivity contribution in [1.82, 2.24) is 0 Å². The number of carbonyl (C=O) groups is 1. The number of hydrogen-bond donors (Lipinski definition) is 1. The Morgan fingerprint density at radius 3 is 2.46 bits per heavy atom. The summed E-state index contributed by atoms with van der Waals surface area (Å²) in [5, 5.41) is 9.70. The lowest BCUT2D eigenvalue weighted by Gasteiger charge is -2.18. The fourth-order valence-corrected chi connectivity index (χ4v) is 2.61. The first-order valence-electron chi connectivity index (χ1n) is 7.93. The van der Waals surface area contributed by atoms with Gasteiger partial charge in [-0.25, -0.2) is 4.79 Å². The van der Waals surface area contributed by atoms with Crippen molar-refractivity contribution in [2.45, 2.75) is 31.5 Å². The van der Waals surface area contributed by atoms with E-state index in [1.165, 1.54) is 0 Å². The molecule has 1 N–H and O–H groups in total. The van der Waals surface area contributed by atoms with Gasteiger partial charge in [0.05, 0.1) is 18.8 Å². The van der Waals surface area contributed by atoms with E-state index in [1.807, 2.05) is 36.4 Å². The minimum atomic E-state index is -0.941. The normalized spacial score (nSPS) is 23.1. The van der Waals surface area contributed by atoms with Crippen LogP contribution in [0.15, 0.2) is 60.7 Å². The van der Waals surface area contributed by atoms with Gasteiger partial charge < -0.3 is 19.3 Å². The fraction of sp³-hybridized carbons (Fsp3) is 0.316. The molecule has 2 aromatic rings.